The van der Waals surface area contributed by atoms with E-state index in [4.69, 9.17) is 4.74 Å². The number of aromatic nitrogens is 2. The Hall–Kier alpha value is -1.44. The van der Waals surface area contributed by atoms with Crippen molar-refractivity contribution >= 4 is 5.91 Å². The van der Waals surface area contributed by atoms with E-state index in [1.165, 1.54) is 18.4 Å². The van der Waals surface area contributed by atoms with Crippen molar-refractivity contribution in [1.29, 1.82) is 0 Å². The quantitative estimate of drug-likeness (QED) is 0.787. The molecular formula is C20H33N5O2. The van der Waals surface area contributed by atoms with Crippen LogP contribution in [0.1, 0.15) is 31.7 Å². The van der Waals surface area contributed by atoms with Gasteiger partial charge in [0.15, 0.2) is 0 Å². The van der Waals surface area contributed by atoms with Crippen LogP contribution in [0.25, 0.3) is 0 Å². The van der Waals surface area contributed by atoms with Gasteiger partial charge in [-0.3, -0.25) is 19.3 Å². The van der Waals surface area contributed by atoms with Crippen LogP contribution in [0.5, 0.6) is 0 Å². The van der Waals surface area contributed by atoms with Crippen LogP contribution in [-0.2, 0) is 22.6 Å². The van der Waals surface area contributed by atoms with Gasteiger partial charge in [0, 0.05) is 44.5 Å². The van der Waals surface area contributed by atoms with Gasteiger partial charge in [-0.05, 0) is 51.7 Å². The van der Waals surface area contributed by atoms with Crippen molar-refractivity contribution in [3.05, 3.63) is 18.0 Å². The second kappa shape index (κ2) is 7.89. The number of likely N-dealkylation sites (N-methyl/N-ethyl adjacent to an activating group) is 1. The van der Waals surface area contributed by atoms with Gasteiger partial charge in [0.25, 0.3) is 0 Å². The number of rotatable bonds is 4. The van der Waals surface area contributed by atoms with E-state index in [1.807, 2.05) is 15.8 Å². The molecule has 1 amide bonds. The SMILES string of the molecule is CCn1cc(CN2CCC3(CC2)CC(C(=O)N2CCOCC2)N(C)C3)cn1. The third kappa shape index (κ3) is 4.05. The highest BCUT2D eigenvalue weighted by Gasteiger charge is 2.47. The summed E-state index contributed by atoms with van der Waals surface area (Å²) in [6.07, 6.45) is 7.54. The van der Waals surface area contributed by atoms with Crippen molar-refractivity contribution in [3.8, 4) is 0 Å². The molecule has 0 aromatic carbocycles. The topological polar surface area (TPSA) is 53.8 Å². The summed E-state index contributed by atoms with van der Waals surface area (Å²) in [5.74, 6) is 0.312. The van der Waals surface area contributed by atoms with E-state index < -0.39 is 0 Å². The Balaban J connectivity index is 1.32. The summed E-state index contributed by atoms with van der Waals surface area (Å²) in [5, 5.41) is 4.39. The predicted octanol–water partition coefficient (Wildman–Crippen LogP) is 1.05. The molecule has 3 saturated heterocycles. The lowest BCUT2D eigenvalue weighted by Crippen LogP contribution is -2.48. The van der Waals surface area contributed by atoms with Crippen LogP contribution >= 0.6 is 0 Å². The van der Waals surface area contributed by atoms with Gasteiger partial charge in [0.2, 0.25) is 5.91 Å². The third-order valence-corrected chi connectivity index (χ3v) is 6.68. The summed E-state index contributed by atoms with van der Waals surface area (Å²) in [7, 11) is 2.13. The first-order valence-electron chi connectivity index (χ1n) is 10.4. The summed E-state index contributed by atoms with van der Waals surface area (Å²) in [4.78, 5) is 19.8. The van der Waals surface area contributed by atoms with E-state index in [0.717, 1.165) is 52.2 Å². The molecule has 1 spiro atoms. The molecule has 4 rings (SSSR count). The van der Waals surface area contributed by atoms with Gasteiger partial charge < -0.3 is 9.64 Å². The standard InChI is InChI=1S/C20H33N5O2/c1-3-25-15-17(13-21-25)14-23-6-4-20(5-7-23)12-18(22(2)16-20)19(26)24-8-10-27-11-9-24/h13,15,18H,3-12,14,16H2,1-2H3. The van der Waals surface area contributed by atoms with E-state index in [1.54, 1.807) is 0 Å². The normalized spacial score (nSPS) is 26.7. The molecule has 27 heavy (non-hydrogen) atoms. The number of piperidine rings is 1. The van der Waals surface area contributed by atoms with Gasteiger partial charge in [0.05, 0.1) is 25.5 Å². The lowest BCUT2D eigenvalue weighted by atomic mass is 9.76. The smallest absolute Gasteiger partial charge is 0.240 e. The maximum atomic E-state index is 13.0. The molecule has 7 nitrogen and oxygen atoms in total. The van der Waals surface area contributed by atoms with Crippen LogP contribution in [0.15, 0.2) is 12.4 Å². The molecule has 0 bridgehead atoms. The molecule has 150 valence electrons. The number of hydrogen-bond donors (Lipinski definition) is 0. The minimum absolute atomic E-state index is 0.0532. The van der Waals surface area contributed by atoms with Crippen LogP contribution in [-0.4, -0.2) is 89.4 Å². The van der Waals surface area contributed by atoms with Crippen LogP contribution in [0.3, 0.4) is 0 Å². The van der Waals surface area contributed by atoms with E-state index in [-0.39, 0.29) is 6.04 Å². The first-order chi connectivity index (χ1) is 13.1. The van der Waals surface area contributed by atoms with Crippen LogP contribution in [0.2, 0.25) is 0 Å². The number of morpholine rings is 1. The number of likely N-dealkylation sites (tertiary alicyclic amines) is 2. The molecule has 3 fully saturated rings. The van der Waals surface area contributed by atoms with Crippen LogP contribution in [0, 0.1) is 5.41 Å². The summed E-state index contributed by atoms with van der Waals surface area (Å²) in [5.41, 5.74) is 1.61. The minimum Gasteiger partial charge on any atom is -0.378 e. The molecule has 1 aromatic heterocycles. The van der Waals surface area contributed by atoms with Crippen LogP contribution in [0.4, 0.5) is 0 Å². The van der Waals surface area contributed by atoms with Gasteiger partial charge >= 0.3 is 0 Å². The Labute approximate surface area is 162 Å². The number of carbonyl (C=O) groups is 1. The van der Waals surface area contributed by atoms with Crippen molar-refractivity contribution in [2.45, 2.75) is 45.3 Å². The van der Waals surface area contributed by atoms with Gasteiger partial charge in [-0.25, -0.2) is 0 Å². The maximum Gasteiger partial charge on any atom is 0.240 e. The van der Waals surface area contributed by atoms with E-state index >= 15 is 0 Å². The highest BCUT2D eigenvalue weighted by Crippen LogP contribution is 2.43. The van der Waals surface area contributed by atoms with Gasteiger partial charge in [-0.2, -0.15) is 5.10 Å². The van der Waals surface area contributed by atoms with E-state index in [0.29, 0.717) is 24.5 Å². The van der Waals surface area contributed by atoms with Crippen molar-refractivity contribution in [1.82, 2.24) is 24.5 Å². The molecule has 1 atom stereocenters. The van der Waals surface area contributed by atoms with E-state index in [2.05, 4.69) is 35.1 Å². The number of nitrogens with zero attached hydrogens (tertiary/aromatic N) is 5. The fraction of sp³-hybridized carbons (Fsp3) is 0.800. The van der Waals surface area contributed by atoms with Crippen molar-refractivity contribution in [2.24, 2.45) is 5.41 Å². The summed E-state index contributed by atoms with van der Waals surface area (Å²) >= 11 is 0. The number of hydrogen-bond acceptors (Lipinski definition) is 5. The lowest BCUT2D eigenvalue weighted by molar-refractivity contribution is -0.139. The number of carbonyl (C=O) groups excluding carboxylic acids is 1. The van der Waals surface area contributed by atoms with Gasteiger partial charge in [-0.15, -0.1) is 0 Å². The molecule has 0 saturated carbocycles. The molecule has 3 aliphatic rings. The number of amides is 1. The van der Waals surface area contributed by atoms with Crippen molar-refractivity contribution < 1.29 is 9.53 Å². The monoisotopic (exact) mass is 375 g/mol. The zero-order valence-electron chi connectivity index (χ0n) is 16.8. The number of ether oxygens (including phenoxy) is 1. The predicted molar refractivity (Wildman–Crippen MR) is 103 cm³/mol. The Morgan fingerprint density at radius 2 is 2.00 bits per heavy atom. The first-order valence-corrected chi connectivity index (χ1v) is 10.4. The highest BCUT2D eigenvalue weighted by atomic mass is 16.5. The summed E-state index contributed by atoms with van der Waals surface area (Å²) < 4.78 is 7.39. The zero-order chi connectivity index (χ0) is 18.9. The second-order valence-electron chi connectivity index (χ2n) is 8.55. The Kier molecular flexibility index (Phi) is 5.53. The average molecular weight is 376 g/mol. The molecule has 3 aliphatic heterocycles. The van der Waals surface area contributed by atoms with Gasteiger partial charge in [0.1, 0.15) is 0 Å². The third-order valence-electron chi connectivity index (χ3n) is 6.68. The zero-order valence-corrected chi connectivity index (χ0v) is 16.8. The average Bonchev–Trinajstić information content (AvgIpc) is 3.28. The molecule has 7 heteroatoms. The van der Waals surface area contributed by atoms with Crippen molar-refractivity contribution in [3.63, 3.8) is 0 Å². The molecule has 0 radical (unpaired) electrons. The summed E-state index contributed by atoms with van der Waals surface area (Å²) in [6.45, 7) is 10.2. The molecule has 0 N–H and O–H groups in total. The van der Waals surface area contributed by atoms with Gasteiger partial charge in [-0.1, -0.05) is 0 Å². The fourth-order valence-electron chi connectivity index (χ4n) is 5.01. The highest BCUT2D eigenvalue weighted by molar-refractivity contribution is 5.82. The molecule has 0 aliphatic carbocycles. The maximum absolute atomic E-state index is 13.0. The molecule has 1 unspecified atom stereocenters. The first kappa shape index (κ1) is 18.9. The Bertz CT molecular complexity index is 647. The van der Waals surface area contributed by atoms with Crippen molar-refractivity contribution in [2.75, 3.05) is 53.0 Å². The second-order valence-corrected chi connectivity index (χ2v) is 8.55. The lowest BCUT2D eigenvalue weighted by Gasteiger charge is -2.39. The Morgan fingerprint density at radius 1 is 1.26 bits per heavy atom. The molecular weight excluding hydrogens is 342 g/mol. The minimum atomic E-state index is 0.0532. The molecule has 1 aromatic rings. The largest absolute Gasteiger partial charge is 0.378 e. The van der Waals surface area contributed by atoms with E-state index in [9.17, 15) is 4.79 Å². The Morgan fingerprint density at radius 3 is 2.67 bits per heavy atom. The molecule has 4 heterocycles. The van der Waals surface area contributed by atoms with Crippen LogP contribution < -0.4 is 0 Å². The summed E-state index contributed by atoms with van der Waals surface area (Å²) in [6, 6.07) is 0.0532. The fourth-order valence-corrected chi connectivity index (χ4v) is 5.01. The number of aryl methyl sites for hydroxylation is 1.